The molecule has 36 heavy (non-hydrogen) atoms. The lowest BCUT2D eigenvalue weighted by Crippen LogP contribution is -2.47. The average Bonchev–Trinajstić information content (AvgIpc) is 2.82. The number of benzene rings is 2. The largest absolute Gasteiger partial charge is 0.493 e. The SMILES string of the molecule is COc1cc2c(cc1OC)C(C)(C)COC2CCN1CCN(c2cccc(C(F)(F)F)c2)CC1.Cl.Cl. The molecule has 1 saturated heterocycles. The first-order valence-corrected chi connectivity index (χ1v) is 11.6. The molecule has 2 heterocycles. The average molecular weight is 551 g/mol. The molecule has 1 atom stereocenters. The highest BCUT2D eigenvalue weighted by molar-refractivity contribution is 5.85. The molecule has 202 valence electrons. The molecule has 2 aliphatic heterocycles. The number of hydrogen-bond donors (Lipinski definition) is 0. The maximum absolute atomic E-state index is 13.1. The van der Waals surface area contributed by atoms with Gasteiger partial charge in [0.1, 0.15) is 0 Å². The third-order valence-corrected chi connectivity index (χ3v) is 6.90. The van der Waals surface area contributed by atoms with E-state index < -0.39 is 11.7 Å². The number of ether oxygens (including phenoxy) is 3. The summed E-state index contributed by atoms with van der Waals surface area (Å²) in [4.78, 5) is 4.38. The summed E-state index contributed by atoms with van der Waals surface area (Å²) in [6.07, 6.45) is -3.53. The molecule has 0 aliphatic carbocycles. The number of alkyl halides is 3. The zero-order valence-corrected chi connectivity index (χ0v) is 22.7. The quantitative estimate of drug-likeness (QED) is 0.432. The highest BCUT2D eigenvalue weighted by atomic mass is 35.5. The third-order valence-electron chi connectivity index (χ3n) is 6.90. The summed E-state index contributed by atoms with van der Waals surface area (Å²) < 4.78 is 56.5. The second kappa shape index (κ2) is 12.1. The molecule has 0 aromatic heterocycles. The Bertz CT molecular complexity index is 1010. The molecule has 0 spiro atoms. The lowest BCUT2D eigenvalue weighted by atomic mass is 9.78. The number of fused-ring (bicyclic) bond motifs is 1. The zero-order valence-electron chi connectivity index (χ0n) is 21.1. The van der Waals surface area contributed by atoms with E-state index in [0.29, 0.717) is 31.1 Å². The predicted octanol–water partition coefficient (Wildman–Crippen LogP) is 6.13. The zero-order chi connectivity index (χ0) is 24.5. The van der Waals surface area contributed by atoms with Crippen molar-refractivity contribution < 1.29 is 27.4 Å². The first-order chi connectivity index (χ1) is 16.1. The Morgan fingerprint density at radius 2 is 1.61 bits per heavy atom. The molecule has 2 aliphatic rings. The van der Waals surface area contributed by atoms with Crippen molar-refractivity contribution in [2.45, 2.75) is 38.0 Å². The van der Waals surface area contributed by atoms with E-state index in [2.05, 4.69) is 24.8 Å². The lowest BCUT2D eigenvalue weighted by Gasteiger charge is -2.40. The van der Waals surface area contributed by atoms with Crippen LogP contribution in [0.15, 0.2) is 36.4 Å². The Labute approximate surface area is 223 Å². The fourth-order valence-corrected chi connectivity index (χ4v) is 4.87. The predicted molar refractivity (Wildman–Crippen MR) is 140 cm³/mol. The number of halogens is 5. The smallest absolute Gasteiger partial charge is 0.416 e. The van der Waals surface area contributed by atoms with Gasteiger partial charge in [-0.1, -0.05) is 19.9 Å². The van der Waals surface area contributed by atoms with E-state index in [1.807, 2.05) is 11.0 Å². The van der Waals surface area contributed by atoms with E-state index in [0.717, 1.165) is 43.4 Å². The standard InChI is InChI=1S/C26H33F3N2O3.2ClH/c1-25(2)17-34-22(20-15-23(32-3)24(33-4)16-21(20)25)8-9-30-10-12-31(13-11-30)19-7-5-6-18(14-19)26(27,28)29;;/h5-7,14-16,22H,8-13,17H2,1-4H3;2*1H. The van der Waals surface area contributed by atoms with Crippen LogP contribution in [-0.4, -0.2) is 58.5 Å². The molecule has 2 aromatic carbocycles. The van der Waals surface area contributed by atoms with Crippen LogP contribution in [0.5, 0.6) is 11.5 Å². The molecule has 0 saturated carbocycles. The number of piperazine rings is 1. The topological polar surface area (TPSA) is 34.2 Å². The van der Waals surface area contributed by atoms with Crippen LogP contribution in [-0.2, 0) is 16.3 Å². The van der Waals surface area contributed by atoms with Gasteiger partial charge >= 0.3 is 6.18 Å². The van der Waals surface area contributed by atoms with Gasteiger partial charge in [-0.2, -0.15) is 13.2 Å². The normalized spacial score (nSPS) is 19.5. The van der Waals surface area contributed by atoms with Crippen molar-refractivity contribution in [3.8, 4) is 11.5 Å². The summed E-state index contributed by atoms with van der Waals surface area (Å²) in [5, 5.41) is 0. The molecule has 0 bridgehead atoms. The summed E-state index contributed by atoms with van der Waals surface area (Å²) in [6, 6.07) is 9.69. The summed E-state index contributed by atoms with van der Waals surface area (Å²) in [5.74, 6) is 1.42. The minimum Gasteiger partial charge on any atom is -0.493 e. The van der Waals surface area contributed by atoms with Gasteiger partial charge < -0.3 is 19.1 Å². The minimum atomic E-state index is -4.32. The van der Waals surface area contributed by atoms with Crippen LogP contribution >= 0.6 is 24.8 Å². The second-order valence-corrected chi connectivity index (χ2v) is 9.64. The van der Waals surface area contributed by atoms with Crippen LogP contribution < -0.4 is 14.4 Å². The molecule has 1 unspecified atom stereocenters. The van der Waals surface area contributed by atoms with E-state index in [1.54, 1.807) is 20.3 Å². The maximum Gasteiger partial charge on any atom is 0.416 e. The summed E-state index contributed by atoms with van der Waals surface area (Å²) in [7, 11) is 3.28. The molecule has 0 amide bonds. The molecule has 0 radical (unpaired) electrons. The molecular weight excluding hydrogens is 516 g/mol. The van der Waals surface area contributed by atoms with Gasteiger partial charge in [-0.3, -0.25) is 4.90 Å². The van der Waals surface area contributed by atoms with Crippen molar-refractivity contribution >= 4 is 30.5 Å². The Kier molecular flexibility index (Phi) is 10.2. The van der Waals surface area contributed by atoms with E-state index in [-0.39, 0.29) is 36.3 Å². The van der Waals surface area contributed by atoms with Crippen molar-refractivity contribution in [3.05, 3.63) is 53.1 Å². The van der Waals surface area contributed by atoms with Crippen LogP contribution in [0.25, 0.3) is 0 Å². The van der Waals surface area contributed by atoms with E-state index in [9.17, 15) is 13.2 Å². The van der Waals surface area contributed by atoms with Gasteiger partial charge in [0.05, 0.1) is 32.5 Å². The van der Waals surface area contributed by atoms with Crippen LogP contribution in [0, 0.1) is 0 Å². The highest BCUT2D eigenvalue weighted by Crippen LogP contribution is 2.44. The first-order valence-electron chi connectivity index (χ1n) is 11.6. The molecule has 10 heteroatoms. The van der Waals surface area contributed by atoms with Gasteiger partial charge in [0.25, 0.3) is 0 Å². The first kappa shape index (κ1) is 30.4. The van der Waals surface area contributed by atoms with Crippen LogP contribution in [0.2, 0.25) is 0 Å². The minimum absolute atomic E-state index is 0. The molecule has 5 nitrogen and oxygen atoms in total. The van der Waals surface area contributed by atoms with Crippen molar-refractivity contribution in [1.82, 2.24) is 4.90 Å². The van der Waals surface area contributed by atoms with E-state index in [4.69, 9.17) is 14.2 Å². The van der Waals surface area contributed by atoms with Crippen molar-refractivity contribution in [1.29, 1.82) is 0 Å². The van der Waals surface area contributed by atoms with Crippen molar-refractivity contribution in [3.63, 3.8) is 0 Å². The summed E-state index contributed by atoms with van der Waals surface area (Å²) >= 11 is 0. The summed E-state index contributed by atoms with van der Waals surface area (Å²) in [6.45, 7) is 8.81. The lowest BCUT2D eigenvalue weighted by molar-refractivity contribution is -0.137. The Morgan fingerprint density at radius 3 is 2.22 bits per heavy atom. The van der Waals surface area contributed by atoms with Gasteiger partial charge in [-0.05, 0) is 47.9 Å². The van der Waals surface area contributed by atoms with Gasteiger partial charge in [-0.25, -0.2) is 0 Å². The number of methoxy groups -OCH3 is 2. The highest BCUT2D eigenvalue weighted by Gasteiger charge is 2.35. The third kappa shape index (κ3) is 6.52. The van der Waals surface area contributed by atoms with E-state index in [1.165, 1.54) is 17.7 Å². The second-order valence-electron chi connectivity index (χ2n) is 9.64. The van der Waals surface area contributed by atoms with Crippen LogP contribution in [0.4, 0.5) is 18.9 Å². The number of hydrogen-bond acceptors (Lipinski definition) is 5. The van der Waals surface area contributed by atoms with Gasteiger partial charge in [0.15, 0.2) is 11.5 Å². The number of anilines is 1. The van der Waals surface area contributed by atoms with Crippen LogP contribution in [0.1, 0.15) is 43.1 Å². The summed E-state index contributed by atoms with van der Waals surface area (Å²) in [5.41, 5.74) is 2.26. The van der Waals surface area contributed by atoms with Gasteiger partial charge in [0.2, 0.25) is 0 Å². The Morgan fingerprint density at radius 1 is 0.972 bits per heavy atom. The molecule has 0 N–H and O–H groups in total. The molecule has 2 aromatic rings. The van der Waals surface area contributed by atoms with Crippen molar-refractivity contribution in [2.75, 3.05) is 58.5 Å². The molecular formula is C26H35Cl2F3N2O3. The van der Waals surface area contributed by atoms with Gasteiger partial charge in [-0.15, -0.1) is 24.8 Å². The monoisotopic (exact) mass is 550 g/mol. The fraction of sp³-hybridized carbons (Fsp3) is 0.538. The molecule has 1 fully saturated rings. The maximum atomic E-state index is 13.1. The number of nitrogens with zero attached hydrogens (tertiary/aromatic N) is 2. The van der Waals surface area contributed by atoms with E-state index >= 15 is 0 Å². The van der Waals surface area contributed by atoms with Crippen LogP contribution in [0.3, 0.4) is 0 Å². The van der Waals surface area contributed by atoms with Gasteiger partial charge in [0, 0.05) is 43.8 Å². The van der Waals surface area contributed by atoms with Crippen molar-refractivity contribution in [2.24, 2.45) is 0 Å². The Hall–Kier alpha value is -1.87. The fourth-order valence-electron chi connectivity index (χ4n) is 4.87. The number of rotatable bonds is 6. The Balaban J connectivity index is 0.00000228. The molecule has 4 rings (SSSR count).